The van der Waals surface area contributed by atoms with Crippen LogP contribution in [0.25, 0.3) is 16.9 Å². The number of nitrogens with zero attached hydrogens (tertiary/aromatic N) is 4. The Balaban J connectivity index is 1.39. The van der Waals surface area contributed by atoms with E-state index in [1.165, 1.54) is 0 Å². The number of rotatable bonds is 5. The number of aromatic nitrogens is 3. The highest BCUT2D eigenvalue weighted by molar-refractivity contribution is 7.46. The summed E-state index contributed by atoms with van der Waals surface area (Å²) in [6.45, 7) is 6.16. The second kappa shape index (κ2) is 9.11. The van der Waals surface area contributed by atoms with Crippen LogP contribution < -0.4 is 10.6 Å². The molecular formula is C23H30N5O2P. The van der Waals surface area contributed by atoms with Gasteiger partial charge in [0.2, 0.25) is 0 Å². The normalized spacial score (nSPS) is 19.5. The van der Waals surface area contributed by atoms with Crippen LogP contribution in [0.3, 0.4) is 0 Å². The van der Waals surface area contributed by atoms with E-state index >= 15 is 0 Å². The summed E-state index contributed by atoms with van der Waals surface area (Å²) in [5.41, 5.74) is 2.38. The van der Waals surface area contributed by atoms with Gasteiger partial charge in [-0.3, -0.25) is 0 Å². The van der Waals surface area contributed by atoms with Gasteiger partial charge in [-0.05, 0) is 44.5 Å². The number of nitrogens with one attached hydrogen (secondary N) is 1. The van der Waals surface area contributed by atoms with E-state index in [1.54, 1.807) is 6.07 Å². The molecule has 8 heteroatoms. The van der Waals surface area contributed by atoms with Crippen molar-refractivity contribution in [2.45, 2.75) is 37.8 Å². The zero-order valence-corrected chi connectivity index (χ0v) is 18.9. The van der Waals surface area contributed by atoms with Gasteiger partial charge in [-0.1, -0.05) is 20.7 Å². The van der Waals surface area contributed by atoms with Crippen molar-refractivity contribution in [3.8, 4) is 17.0 Å². The number of hydrogen-bond donors (Lipinski definition) is 2. The third kappa shape index (κ3) is 4.27. The average Bonchev–Trinajstić information content (AvgIpc) is 3.24. The Labute approximate surface area is 184 Å². The minimum atomic E-state index is 0.245. The molecule has 2 aliphatic rings. The highest BCUT2D eigenvalue weighted by Gasteiger charge is 2.27. The lowest BCUT2D eigenvalue weighted by atomic mass is 9.99. The largest absolute Gasteiger partial charge is 0.507 e. The van der Waals surface area contributed by atoms with Gasteiger partial charge in [0.05, 0.1) is 11.9 Å². The fourth-order valence-corrected chi connectivity index (χ4v) is 5.31. The van der Waals surface area contributed by atoms with Gasteiger partial charge in [-0.25, -0.2) is 4.98 Å². The van der Waals surface area contributed by atoms with Gasteiger partial charge in [0, 0.05) is 55.3 Å². The van der Waals surface area contributed by atoms with Crippen LogP contribution >= 0.6 is 8.58 Å². The van der Waals surface area contributed by atoms with Crippen LogP contribution in [-0.2, 0) is 4.74 Å². The minimum Gasteiger partial charge on any atom is -0.507 e. The molecule has 4 heterocycles. The molecule has 5 rings (SSSR count). The fraction of sp³-hybridized carbons (Fsp3) is 0.478. The number of fused-ring (bicyclic) bond motifs is 1. The molecule has 0 radical (unpaired) electrons. The molecule has 0 bridgehead atoms. The first-order valence-electron chi connectivity index (χ1n) is 11.2. The first kappa shape index (κ1) is 20.7. The Morgan fingerprint density at radius 1 is 1.13 bits per heavy atom. The number of likely N-dealkylation sites (tertiary alicyclic amines) is 1. The van der Waals surface area contributed by atoms with E-state index in [0.29, 0.717) is 20.7 Å². The molecule has 2 N–H and O–H groups in total. The average molecular weight is 440 g/mol. The van der Waals surface area contributed by atoms with Gasteiger partial charge in [0.25, 0.3) is 0 Å². The predicted molar refractivity (Wildman–Crippen MR) is 126 cm³/mol. The number of piperidine rings is 1. The number of aromatic hydroxyl groups is 1. The minimum absolute atomic E-state index is 0.245. The summed E-state index contributed by atoms with van der Waals surface area (Å²) in [6, 6.07) is 10.5. The summed E-state index contributed by atoms with van der Waals surface area (Å²) in [5.74, 6) is 1.19. The number of phenolic OH excluding ortho intramolecular Hbond substituents is 1. The Hall–Kier alpha value is -2.21. The van der Waals surface area contributed by atoms with E-state index in [1.807, 2.05) is 35.0 Å². The molecule has 0 spiro atoms. The second-order valence-electron chi connectivity index (χ2n) is 8.39. The highest BCUT2D eigenvalue weighted by atomic mass is 31.1. The van der Waals surface area contributed by atoms with Crippen molar-refractivity contribution >= 4 is 25.4 Å². The predicted octanol–water partition coefficient (Wildman–Crippen LogP) is 3.09. The SMILES string of the molecule is CPc1cnn2c(NC3CCN(C4CCOCC4)CC3)cc(-c3ccccc3O)nc12. The van der Waals surface area contributed by atoms with E-state index in [9.17, 15) is 5.11 Å². The fourth-order valence-electron chi connectivity index (χ4n) is 4.74. The maximum atomic E-state index is 10.4. The van der Waals surface area contributed by atoms with Crippen LogP contribution in [0.5, 0.6) is 5.75 Å². The number of para-hydroxylation sites is 1. The van der Waals surface area contributed by atoms with Crippen LogP contribution in [0.1, 0.15) is 25.7 Å². The lowest BCUT2D eigenvalue weighted by Gasteiger charge is -2.39. The van der Waals surface area contributed by atoms with Gasteiger partial charge in [-0.15, -0.1) is 0 Å². The molecule has 2 fully saturated rings. The van der Waals surface area contributed by atoms with E-state index in [-0.39, 0.29) is 5.75 Å². The summed E-state index contributed by atoms with van der Waals surface area (Å²) in [7, 11) is 0.609. The first-order chi connectivity index (χ1) is 15.2. The zero-order chi connectivity index (χ0) is 21.2. The van der Waals surface area contributed by atoms with Crippen molar-refractivity contribution < 1.29 is 9.84 Å². The van der Waals surface area contributed by atoms with Crippen LogP contribution in [-0.4, -0.2) is 69.7 Å². The molecule has 7 nitrogen and oxygen atoms in total. The van der Waals surface area contributed by atoms with E-state index in [2.05, 4.69) is 22.0 Å². The maximum Gasteiger partial charge on any atom is 0.165 e. The number of anilines is 1. The molecular weight excluding hydrogens is 409 g/mol. The van der Waals surface area contributed by atoms with E-state index in [0.717, 1.165) is 80.0 Å². The molecule has 31 heavy (non-hydrogen) atoms. The summed E-state index contributed by atoms with van der Waals surface area (Å²) in [5, 5.41) is 19.9. The van der Waals surface area contributed by atoms with Gasteiger partial charge < -0.3 is 20.1 Å². The molecule has 1 aromatic carbocycles. The van der Waals surface area contributed by atoms with Crippen molar-refractivity contribution in [3.05, 3.63) is 36.5 Å². The van der Waals surface area contributed by atoms with Crippen molar-refractivity contribution in [1.29, 1.82) is 0 Å². The Kier molecular flexibility index (Phi) is 6.08. The van der Waals surface area contributed by atoms with Crippen LogP contribution in [0.4, 0.5) is 5.82 Å². The van der Waals surface area contributed by atoms with Crippen molar-refractivity contribution in [1.82, 2.24) is 19.5 Å². The second-order valence-corrected chi connectivity index (χ2v) is 9.42. The lowest BCUT2D eigenvalue weighted by Crippen LogP contribution is -2.46. The molecule has 0 amide bonds. The van der Waals surface area contributed by atoms with Crippen LogP contribution in [0.15, 0.2) is 36.5 Å². The van der Waals surface area contributed by atoms with E-state index < -0.39 is 0 Å². The zero-order valence-electron chi connectivity index (χ0n) is 17.9. The standard InChI is InChI=1S/C23H30N5O2P/c1-31-21-15-24-28-22(14-19(26-23(21)28)18-4-2-3-5-20(18)29)25-16-6-10-27(11-7-16)17-8-12-30-13-9-17/h2-5,14-17,25,29,31H,6-13H2,1H3. The van der Waals surface area contributed by atoms with Crippen molar-refractivity contribution in [2.24, 2.45) is 0 Å². The summed E-state index contributed by atoms with van der Waals surface area (Å²) < 4.78 is 7.44. The van der Waals surface area contributed by atoms with Gasteiger partial charge in [0.15, 0.2) is 5.65 Å². The number of benzene rings is 1. The number of hydrogen-bond acceptors (Lipinski definition) is 6. The van der Waals surface area contributed by atoms with Crippen molar-refractivity contribution in [3.63, 3.8) is 0 Å². The summed E-state index contributed by atoms with van der Waals surface area (Å²) >= 11 is 0. The maximum absolute atomic E-state index is 10.4. The van der Waals surface area contributed by atoms with Gasteiger partial charge in [-0.2, -0.15) is 9.61 Å². The molecule has 164 valence electrons. The monoisotopic (exact) mass is 439 g/mol. The highest BCUT2D eigenvalue weighted by Crippen LogP contribution is 2.30. The topological polar surface area (TPSA) is 74.9 Å². The van der Waals surface area contributed by atoms with Crippen LogP contribution in [0, 0.1) is 0 Å². The summed E-state index contributed by atoms with van der Waals surface area (Å²) in [4.78, 5) is 7.49. The van der Waals surface area contributed by atoms with Gasteiger partial charge >= 0.3 is 0 Å². The Bertz CT molecular complexity index is 1040. The third-order valence-corrected chi connectivity index (χ3v) is 7.40. The quantitative estimate of drug-likeness (QED) is 0.595. The number of phenols is 1. The Morgan fingerprint density at radius 2 is 1.90 bits per heavy atom. The third-order valence-electron chi connectivity index (χ3n) is 6.51. The van der Waals surface area contributed by atoms with Gasteiger partial charge in [0.1, 0.15) is 11.6 Å². The molecule has 0 aliphatic carbocycles. The molecule has 2 saturated heterocycles. The van der Waals surface area contributed by atoms with Crippen molar-refractivity contribution in [2.75, 3.05) is 38.3 Å². The van der Waals surface area contributed by atoms with Crippen LogP contribution in [0.2, 0.25) is 0 Å². The molecule has 0 saturated carbocycles. The molecule has 1 unspecified atom stereocenters. The smallest absolute Gasteiger partial charge is 0.165 e. The molecule has 2 aromatic heterocycles. The van der Waals surface area contributed by atoms with E-state index in [4.69, 9.17) is 9.72 Å². The lowest BCUT2D eigenvalue weighted by molar-refractivity contribution is 0.0262. The summed E-state index contributed by atoms with van der Waals surface area (Å²) in [6.07, 6.45) is 6.43. The number of ether oxygens (including phenoxy) is 1. The molecule has 3 aromatic rings. The Morgan fingerprint density at radius 3 is 2.65 bits per heavy atom. The molecule has 2 aliphatic heterocycles. The first-order valence-corrected chi connectivity index (χ1v) is 12.7. The molecule has 1 atom stereocenters.